The molecule has 1 fully saturated rings. The molecule has 1 aromatic carbocycles. The smallest absolute Gasteiger partial charge is 0.238 e. The van der Waals surface area contributed by atoms with E-state index in [9.17, 15) is 9.18 Å². The van der Waals surface area contributed by atoms with Crippen molar-refractivity contribution in [2.45, 2.75) is 26.2 Å². The highest BCUT2D eigenvalue weighted by Gasteiger charge is 2.20. The Morgan fingerprint density at radius 1 is 1.35 bits per heavy atom. The Hall–Kier alpha value is -1.17. The Bertz CT molecular complexity index is 505. The van der Waals surface area contributed by atoms with Gasteiger partial charge in [0.15, 0.2) is 0 Å². The van der Waals surface area contributed by atoms with Crippen LogP contribution in [0.1, 0.15) is 24.8 Å². The van der Waals surface area contributed by atoms with Crippen LogP contribution in [0.4, 0.5) is 10.1 Å². The first-order valence-electron chi connectivity index (χ1n) is 8.01. The van der Waals surface area contributed by atoms with Gasteiger partial charge in [-0.05, 0) is 76.5 Å². The van der Waals surface area contributed by atoms with Crippen molar-refractivity contribution in [1.29, 1.82) is 0 Å². The average Bonchev–Trinajstić information content (AvgIpc) is 2.49. The van der Waals surface area contributed by atoms with E-state index in [2.05, 4.69) is 15.5 Å². The summed E-state index contributed by atoms with van der Waals surface area (Å²) in [7, 11) is 1.98. The van der Waals surface area contributed by atoms with Crippen molar-refractivity contribution in [1.82, 2.24) is 10.2 Å². The number of likely N-dealkylation sites (tertiary alicyclic amines) is 1. The van der Waals surface area contributed by atoms with Gasteiger partial charge >= 0.3 is 0 Å². The summed E-state index contributed by atoms with van der Waals surface area (Å²) < 4.78 is 13.7. The van der Waals surface area contributed by atoms with Crippen molar-refractivity contribution in [3.63, 3.8) is 0 Å². The van der Waals surface area contributed by atoms with Crippen LogP contribution < -0.4 is 10.6 Å². The number of nitrogens with one attached hydrogen (secondary N) is 2. The van der Waals surface area contributed by atoms with Gasteiger partial charge in [0.05, 0.1) is 12.2 Å². The third-order valence-corrected chi connectivity index (χ3v) is 4.28. The number of anilines is 1. The van der Waals surface area contributed by atoms with Crippen LogP contribution in [-0.2, 0) is 4.79 Å². The topological polar surface area (TPSA) is 44.4 Å². The molecule has 0 radical (unpaired) electrons. The van der Waals surface area contributed by atoms with Crippen LogP contribution in [0.15, 0.2) is 18.2 Å². The molecule has 0 aromatic heterocycles. The largest absolute Gasteiger partial charge is 0.322 e. The Kier molecular flexibility index (Phi) is 8.52. The normalized spacial score (nSPS) is 16.0. The highest BCUT2D eigenvalue weighted by Crippen LogP contribution is 2.20. The van der Waals surface area contributed by atoms with E-state index in [1.165, 1.54) is 12.5 Å². The van der Waals surface area contributed by atoms with Crippen LogP contribution in [0.5, 0.6) is 0 Å². The van der Waals surface area contributed by atoms with E-state index in [0.717, 1.165) is 44.0 Å². The number of piperidine rings is 1. The molecular weight excluding hydrogens is 317 g/mol. The van der Waals surface area contributed by atoms with E-state index in [4.69, 9.17) is 0 Å². The zero-order valence-electron chi connectivity index (χ0n) is 13.9. The Labute approximate surface area is 144 Å². The number of carbonyl (C=O) groups excluding carboxylic acids is 1. The number of hydrogen-bond donors (Lipinski definition) is 2. The van der Waals surface area contributed by atoms with Crippen molar-refractivity contribution in [2.24, 2.45) is 5.92 Å². The predicted octanol–water partition coefficient (Wildman–Crippen LogP) is 2.82. The van der Waals surface area contributed by atoms with Crippen LogP contribution in [0.25, 0.3) is 0 Å². The maximum atomic E-state index is 13.7. The van der Waals surface area contributed by atoms with E-state index < -0.39 is 0 Å². The van der Waals surface area contributed by atoms with Gasteiger partial charge in [-0.2, -0.15) is 0 Å². The maximum absolute atomic E-state index is 13.7. The van der Waals surface area contributed by atoms with Crippen LogP contribution in [-0.4, -0.2) is 44.0 Å². The van der Waals surface area contributed by atoms with Gasteiger partial charge in [-0.1, -0.05) is 6.07 Å². The molecular formula is C17H27ClFN3O. The Balaban J connectivity index is 0.00000264. The molecule has 0 atom stereocenters. The molecule has 0 spiro atoms. The Morgan fingerprint density at radius 3 is 2.65 bits per heavy atom. The third kappa shape index (κ3) is 6.45. The summed E-state index contributed by atoms with van der Waals surface area (Å²) in [4.78, 5) is 14.2. The average molecular weight is 344 g/mol. The maximum Gasteiger partial charge on any atom is 0.238 e. The second-order valence-corrected chi connectivity index (χ2v) is 6.14. The van der Waals surface area contributed by atoms with Crippen molar-refractivity contribution < 1.29 is 9.18 Å². The number of amides is 1. The summed E-state index contributed by atoms with van der Waals surface area (Å²) in [6, 6.07) is 4.85. The molecule has 1 aliphatic rings. The molecule has 0 aliphatic carbocycles. The first-order chi connectivity index (χ1) is 10.6. The molecule has 1 amide bonds. The summed E-state index contributed by atoms with van der Waals surface area (Å²) in [5, 5.41) is 5.85. The van der Waals surface area contributed by atoms with Crippen molar-refractivity contribution in [2.75, 3.05) is 38.5 Å². The van der Waals surface area contributed by atoms with Crippen LogP contribution in [0.3, 0.4) is 0 Å². The fourth-order valence-electron chi connectivity index (χ4n) is 2.90. The van der Waals surface area contributed by atoms with Gasteiger partial charge in [-0.25, -0.2) is 4.39 Å². The van der Waals surface area contributed by atoms with E-state index in [1.807, 2.05) is 14.0 Å². The van der Waals surface area contributed by atoms with Crippen molar-refractivity contribution in [3.8, 4) is 0 Å². The molecule has 1 heterocycles. The molecule has 4 nitrogen and oxygen atoms in total. The number of hydrogen-bond acceptors (Lipinski definition) is 3. The lowest BCUT2D eigenvalue weighted by Crippen LogP contribution is -2.39. The number of carbonyl (C=O) groups is 1. The second-order valence-electron chi connectivity index (χ2n) is 6.14. The minimum Gasteiger partial charge on any atom is -0.322 e. The van der Waals surface area contributed by atoms with E-state index in [1.54, 1.807) is 12.1 Å². The monoisotopic (exact) mass is 343 g/mol. The minimum absolute atomic E-state index is 0. The minimum atomic E-state index is -0.376. The zero-order valence-corrected chi connectivity index (χ0v) is 14.7. The van der Waals surface area contributed by atoms with E-state index in [-0.39, 0.29) is 29.8 Å². The molecule has 0 bridgehead atoms. The first-order valence-corrected chi connectivity index (χ1v) is 8.01. The molecule has 1 saturated heterocycles. The molecule has 0 saturated carbocycles. The summed E-state index contributed by atoms with van der Waals surface area (Å²) in [6.45, 7) is 5.10. The lowest BCUT2D eigenvalue weighted by Gasteiger charge is -2.31. The number of benzene rings is 1. The number of aryl methyl sites for hydroxylation is 1. The van der Waals surface area contributed by atoms with Crippen molar-refractivity contribution in [3.05, 3.63) is 29.6 Å². The summed E-state index contributed by atoms with van der Waals surface area (Å²) in [6.07, 6.45) is 3.47. The van der Waals surface area contributed by atoms with Gasteiger partial charge in [0, 0.05) is 0 Å². The molecule has 130 valence electrons. The highest BCUT2D eigenvalue weighted by atomic mass is 35.5. The number of nitrogens with zero attached hydrogens (tertiary/aromatic N) is 1. The summed E-state index contributed by atoms with van der Waals surface area (Å²) >= 11 is 0. The van der Waals surface area contributed by atoms with Gasteiger partial charge in [0.25, 0.3) is 0 Å². The summed E-state index contributed by atoms with van der Waals surface area (Å²) in [5.41, 5.74) is 1.11. The van der Waals surface area contributed by atoms with Gasteiger partial charge in [-0.3, -0.25) is 9.69 Å². The molecule has 6 heteroatoms. The first kappa shape index (κ1) is 19.9. The van der Waals surface area contributed by atoms with Crippen molar-refractivity contribution >= 4 is 24.0 Å². The quantitative estimate of drug-likeness (QED) is 0.834. The second kappa shape index (κ2) is 9.85. The molecule has 2 N–H and O–H groups in total. The highest BCUT2D eigenvalue weighted by molar-refractivity contribution is 5.92. The van der Waals surface area contributed by atoms with Gasteiger partial charge in [0.2, 0.25) is 5.91 Å². The SMILES string of the molecule is CNCCC1CCN(CC(=O)Nc2ccc(C)cc2F)CC1.Cl. The zero-order chi connectivity index (χ0) is 15.9. The molecule has 0 unspecified atom stereocenters. The molecule has 23 heavy (non-hydrogen) atoms. The molecule has 1 aliphatic heterocycles. The number of halogens is 2. The van der Waals surface area contributed by atoms with E-state index >= 15 is 0 Å². The Morgan fingerprint density at radius 2 is 2.04 bits per heavy atom. The van der Waals surface area contributed by atoms with Gasteiger partial charge < -0.3 is 10.6 Å². The van der Waals surface area contributed by atoms with Gasteiger partial charge in [-0.15, -0.1) is 12.4 Å². The fraction of sp³-hybridized carbons (Fsp3) is 0.588. The lowest BCUT2D eigenvalue weighted by atomic mass is 9.93. The molecule has 1 aromatic rings. The van der Waals surface area contributed by atoms with Crippen LogP contribution in [0, 0.1) is 18.7 Å². The standard InChI is InChI=1S/C17H26FN3O.ClH/c1-13-3-4-16(15(18)11-13)20-17(22)12-21-9-6-14(7-10-21)5-8-19-2;/h3-4,11,14,19H,5-10,12H2,1-2H3,(H,20,22);1H. The van der Waals surface area contributed by atoms with E-state index in [0.29, 0.717) is 6.54 Å². The van der Waals surface area contributed by atoms with Gasteiger partial charge in [0.1, 0.15) is 5.82 Å². The number of rotatable bonds is 6. The van der Waals surface area contributed by atoms with Crippen LogP contribution >= 0.6 is 12.4 Å². The summed E-state index contributed by atoms with van der Waals surface area (Å²) in [5.74, 6) is 0.233. The fourth-order valence-corrected chi connectivity index (χ4v) is 2.90. The predicted molar refractivity (Wildman–Crippen MR) is 94.7 cm³/mol. The lowest BCUT2D eigenvalue weighted by molar-refractivity contribution is -0.117. The van der Waals surface area contributed by atoms with Crippen LogP contribution in [0.2, 0.25) is 0 Å². The molecule has 2 rings (SSSR count). The third-order valence-electron chi connectivity index (χ3n) is 4.28.